The fourth-order valence-corrected chi connectivity index (χ4v) is 3.98. The lowest BCUT2D eigenvalue weighted by Crippen LogP contribution is -2.43. The van der Waals surface area contributed by atoms with Gasteiger partial charge in [0.15, 0.2) is 5.96 Å². The minimum absolute atomic E-state index is 0. The molecule has 2 atom stereocenters. The minimum Gasteiger partial charge on any atom is -0.497 e. The SMILES string of the molecule is CN=C(NCCOCC1CCCO1)NCC(c1ccc(OC)cc1)N1CCCC1.I. The molecule has 8 heteroatoms. The summed E-state index contributed by atoms with van der Waals surface area (Å²) < 4.78 is 16.6. The smallest absolute Gasteiger partial charge is 0.191 e. The van der Waals surface area contributed by atoms with Crippen LogP contribution in [0.15, 0.2) is 29.3 Å². The first-order valence-electron chi connectivity index (χ1n) is 10.8. The number of benzene rings is 1. The molecule has 0 amide bonds. The number of guanidine groups is 1. The van der Waals surface area contributed by atoms with E-state index in [0.717, 1.165) is 57.3 Å². The normalized spacial score (nSPS) is 20.6. The Labute approximate surface area is 197 Å². The molecule has 1 aromatic carbocycles. The molecule has 30 heavy (non-hydrogen) atoms. The van der Waals surface area contributed by atoms with E-state index in [1.807, 2.05) is 12.1 Å². The molecule has 2 heterocycles. The molecule has 0 aromatic heterocycles. The number of ether oxygens (including phenoxy) is 3. The first kappa shape index (κ1) is 25.2. The summed E-state index contributed by atoms with van der Waals surface area (Å²) in [6, 6.07) is 8.73. The topological polar surface area (TPSA) is 67.4 Å². The van der Waals surface area contributed by atoms with Gasteiger partial charge in [0.1, 0.15) is 5.75 Å². The Morgan fingerprint density at radius 2 is 1.97 bits per heavy atom. The Morgan fingerprint density at radius 1 is 1.20 bits per heavy atom. The highest BCUT2D eigenvalue weighted by atomic mass is 127. The molecule has 0 bridgehead atoms. The second-order valence-corrected chi connectivity index (χ2v) is 7.62. The lowest BCUT2D eigenvalue weighted by molar-refractivity contribution is 0.0191. The molecule has 2 aliphatic heterocycles. The van der Waals surface area contributed by atoms with Gasteiger partial charge in [0.2, 0.25) is 0 Å². The molecule has 170 valence electrons. The predicted octanol–water partition coefficient (Wildman–Crippen LogP) is 2.81. The summed E-state index contributed by atoms with van der Waals surface area (Å²) in [5, 5.41) is 6.84. The van der Waals surface area contributed by atoms with Crippen molar-refractivity contribution >= 4 is 29.9 Å². The van der Waals surface area contributed by atoms with Gasteiger partial charge in [-0.2, -0.15) is 0 Å². The minimum atomic E-state index is 0. The fraction of sp³-hybridized carbons (Fsp3) is 0.682. The van der Waals surface area contributed by atoms with E-state index in [0.29, 0.717) is 19.3 Å². The van der Waals surface area contributed by atoms with Crippen LogP contribution in [0.1, 0.15) is 37.3 Å². The zero-order valence-corrected chi connectivity index (χ0v) is 20.6. The van der Waals surface area contributed by atoms with Crippen LogP contribution in [0.2, 0.25) is 0 Å². The highest BCUT2D eigenvalue weighted by Gasteiger charge is 2.23. The molecule has 0 spiro atoms. The van der Waals surface area contributed by atoms with Crippen LogP contribution >= 0.6 is 24.0 Å². The maximum atomic E-state index is 5.72. The van der Waals surface area contributed by atoms with Crippen molar-refractivity contribution in [3.8, 4) is 5.75 Å². The first-order chi connectivity index (χ1) is 14.3. The van der Waals surface area contributed by atoms with Crippen molar-refractivity contribution in [2.24, 2.45) is 4.99 Å². The van der Waals surface area contributed by atoms with Crippen LogP contribution in [0.4, 0.5) is 0 Å². The summed E-state index contributed by atoms with van der Waals surface area (Å²) >= 11 is 0. The Hall–Kier alpha value is -1.10. The van der Waals surface area contributed by atoms with E-state index >= 15 is 0 Å². The van der Waals surface area contributed by atoms with Crippen molar-refractivity contribution in [1.82, 2.24) is 15.5 Å². The van der Waals surface area contributed by atoms with Gasteiger partial charge in [-0.1, -0.05) is 12.1 Å². The zero-order chi connectivity index (χ0) is 20.3. The van der Waals surface area contributed by atoms with Crippen LogP contribution in [0.5, 0.6) is 5.75 Å². The van der Waals surface area contributed by atoms with Gasteiger partial charge in [0.25, 0.3) is 0 Å². The number of likely N-dealkylation sites (tertiary alicyclic amines) is 1. The van der Waals surface area contributed by atoms with Crippen molar-refractivity contribution in [3.05, 3.63) is 29.8 Å². The molecule has 3 rings (SSSR count). The number of methoxy groups -OCH3 is 1. The van der Waals surface area contributed by atoms with Crippen LogP contribution in [-0.2, 0) is 9.47 Å². The predicted molar refractivity (Wildman–Crippen MR) is 131 cm³/mol. The van der Waals surface area contributed by atoms with Crippen LogP contribution in [0.25, 0.3) is 0 Å². The lowest BCUT2D eigenvalue weighted by atomic mass is 10.1. The summed E-state index contributed by atoms with van der Waals surface area (Å²) in [5.41, 5.74) is 1.30. The van der Waals surface area contributed by atoms with E-state index in [1.54, 1.807) is 14.2 Å². The van der Waals surface area contributed by atoms with Crippen LogP contribution in [-0.4, -0.2) is 77.1 Å². The monoisotopic (exact) mass is 532 g/mol. The molecule has 2 unspecified atom stereocenters. The van der Waals surface area contributed by atoms with Gasteiger partial charge in [-0.25, -0.2) is 0 Å². The molecule has 0 aliphatic carbocycles. The number of rotatable bonds is 10. The first-order valence-corrected chi connectivity index (χ1v) is 10.8. The van der Waals surface area contributed by atoms with Gasteiger partial charge < -0.3 is 24.8 Å². The maximum Gasteiger partial charge on any atom is 0.191 e. The Morgan fingerprint density at radius 3 is 2.60 bits per heavy atom. The van der Waals surface area contributed by atoms with Gasteiger partial charge in [-0.3, -0.25) is 9.89 Å². The van der Waals surface area contributed by atoms with E-state index in [-0.39, 0.29) is 30.1 Å². The van der Waals surface area contributed by atoms with Crippen molar-refractivity contribution in [3.63, 3.8) is 0 Å². The van der Waals surface area contributed by atoms with E-state index in [4.69, 9.17) is 14.2 Å². The molecular formula is C22H37IN4O3. The second kappa shape index (κ2) is 14.1. The maximum absolute atomic E-state index is 5.72. The third-order valence-electron chi connectivity index (χ3n) is 5.64. The van der Waals surface area contributed by atoms with Crippen molar-refractivity contribution in [2.75, 3.05) is 60.2 Å². The quantitative estimate of drug-likeness (QED) is 0.209. The van der Waals surface area contributed by atoms with E-state index in [2.05, 4.69) is 32.7 Å². The highest BCUT2D eigenvalue weighted by Crippen LogP contribution is 2.26. The van der Waals surface area contributed by atoms with Gasteiger partial charge >= 0.3 is 0 Å². The number of nitrogens with one attached hydrogen (secondary N) is 2. The molecule has 2 fully saturated rings. The van der Waals surface area contributed by atoms with E-state index in [1.165, 1.54) is 18.4 Å². The van der Waals surface area contributed by atoms with Gasteiger partial charge in [-0.15, -0.1) is 24.0 Å². The van der Waals surface area contributed by atoms with E-state index < -0.39 is 0 Å². The van der Waals surface area contributed by atoms with Gasteiger partial charge in [0, 0.05) is 26.7 Å². The lowest BCUT2D eigenvalue weighted by Gasteiger charge is -2.29. The number of hydrogen-bond acceptors (Lipinski definition) is 5. The Bertz CT molecular complexity index is 617. The molecule has 0 saturated carbocycles. The third-order valence-corrected chi connectivity index (χ3v) is 5.64. The number of nitrogens with zero attached hydrogens (tertiary/aromatic N) is 2. The van der Waals surface area contributed by atoms with E-state index in [9.17, 15) is 0 Å². The van der Waals surface area contributed by atoms with Crippen LogP contribution < -0.4 is 15.4 Å². The second-order valence-electron chi connectivity index (χ2n) is 7.62. The summed E-state index contributed by atoms with van der Waals surface area (Å²) in [6.07, 6.45) is 5.07. The summed E-state index contributed by atoms with van der Waals surface area (Å²) in [7, 11) is 3.51. The van der Waals surface area contributed by atoms with Crippen molar-refractivity contribution < 1.29 is 14.2 Å². The molecule has 1 aromatic rings. The Balaban J connectivity index is 0.00000320. The third kappa shape index (κ3) is 7.86. The van der Waals surface area contributed by atoms with Crippen molar-refractivity contribution in [2.45, 2.75) is 37.8 Å². The van der Waals surface area contributed by atoms with Crippen LogP contribution in [0, 0.1) is 0 Å². The van der Waals surface area contributed by atoms with Gasteiger partial charge in [0.05, 0.1) is 32.5 Å². The van der Waals surface area contributed by atoms with Crippen molar-refractivity contribution in [1.29, 1.82) is 0 Å². The molecular weight excluding hydrogens is 495 g/mol. The number of halogens is 1. The average molecular weight is 532 g/mol. The van der Waals surface area contributed by atoms with Crippen LogP contribution in [0.3, 0.4) is 0 Å². The highest BCUT2D eigenvalue weighted by molar-refractivity contribution is 14.0. The molecule has 2 aliphatic rings. The molecule has 0 radical (unpaired) electrons. The molecule has 7 nitrogen and oxygen atoms in total. The summed E-state index contributed by atoms with van der Waals surface area (Å²) in [5.74, 6) is 1.70. The largest absolute Gasteiger partial charge is 0.497 e. The van der Waals surface area contributed by atoms with Gasteiger partial charge in [-0.05, 0) is 56.5 Å². The summed E-state index contributed by atoms with van der Waals surface area (Å²) in [6.45, 7) is 6.01. The fourth-order valence-electron chi connectivity index (χ4n) is 3.98. The number of hydrogen-bond donors (Lipinski definition) is 2. The Kier molecular flexibility index (Phi) is 11.8. The molecule has 2 saturated heterocycles. The number of aliphatic imine (C=N–C) groups is 1. The summed E-state index contributed by atoms with van der Waals surface area (Å²) in [4.78, 5) is 6.91. The average Bonchev–Trinajstić information content (AvgIpc) is 3.47. The standard InChI is InChI=1S/C22H36N4O3.HI/c1-23-22(24-11-15-28-17-20-6-5-14-29-20)25-16-21(26-12-3-4-13-26)18-7-9-19(27-2)10-8-18;/h7-10,20-21H,3-6,11-17H2,1-2H3,(H2,23,24,25);1H. The molecule has 2 N–H and O–H groups in total. The zero-order valence-electron chi connectivity index (χ0n) is 18.3.